The fourth-order valence-electron chi connectivity index (χ4n) is 3.31. The highest BCUT2D eigenvalue weighted by Gasteiger charge is 2.36. The third-order valence-corrected chi connectivity index (χ3v) is 4.95. The van der Waals surface area contributed by atoms with E-state index >= 15 is 0 Å². The zero-order valence-electron chi connectivity index (χ0n) is 14.3. The van der Waals surface area contributed by atoms with Crippen molar-refractivity contribution in [2.24, 2.45) is 0 Å². The zero-order chi connectivity index (χ0) is 19.0. The zero-order valence-corrected chi connectivity index (χ0v) is 15.1. The molecule has 1 saturated heterocycles. The van der Waals surface area contributed by atoms with Crippen molar-refractivity contribution in [3.63, 3.8) is 0 Å². The van der Waals surface area contributed by atoms with Gasteiger partial charge in [0.2, 0.25) is 0 Å². The average molecular weight is 381 g/mol. The maximum absolute atomic E-state index is 14.2. The van der Waals surface area contributed by atoms with Crippen LogP contribution < -0.4 is 10.2 Å². The molecular weight excluding hydrogens is 365 g/mol. The highest BCUT2D eigenvalue weighted by Crippen LogP contribution is 2.25. The predicted octanol–water partition coefficient (Wildman–Crippen LogP) is 2.52. The van der Waals surface area contributed by atoms with Crippen molar-refractivity contribution in [2.45, 2.75) is 13.0 Å². The molecular formula is C20H16FN3O2S. The smallest absolute Gasteiger partial charge is 0.271 e. The van der Waals surface area contributed by atoms with E-state index in [0.717, 1.165) is 16.9 Å². The number of benzene rings is 2. The molecule has 2 heterocycles. The number of nitrogens with one attached hydrogen (secondary N) is 1. The normalized spacial score (nSPS) is 18.6. The van der Waals surface area contributed by atoms with Crippen LogP contribution in [-0.4, -0.2) is 28.4 Å². The van der Waals surface area contributed by atoms with Crippen LogP contribution in [0.5, 0.6) is 0 Å². The van der Waals surface area contributed by atoms with Crippen LogP contribution in [0.3, 0.4) is 0 Å². The number of rotatable bonds is 2. The molecule has 0 aliphatic carbocycles. The summed E-state index contributed by atoms with van der Waals surface area (Å²) < 4.78 is 14.2. The monoisotopic (exact) mass is 381 g/mol. The quantitative estimate of drug-likeness (QED) is 0.493. The lowest BCUT2D eigenvalue weighted by Crippen LogP contribution is -2.55. The number of amides is 2. The minimum absolute atomic E-state index is 0.0161. The maximum Gasteiger partial charge on any atom is 0.271 e. The van der Waals surface area contributed by atoms with Gasteiger partial charge in [-0.2, -0.15) is 0 Å². The lowest BCUT2D eigenvalue weighted by molar-refractivity contribution is -0.122. The Labute approximate surface area is 161 Å². The Morgan fingerprint density at radius 3 is 2.52 bits per heavy atom. The van der Waals surface area contributed by atoms with Crippen LogP contribution in [0.15, 0.2) is 60.3 Å². The number of para-hydroxylation sites is 1. The van der Waals surface area contributed by atoms with E-state index in [0.29, 0.717) is 13.1 Å². The fourth-order valence-corrected chi connectivity index (χ4v) is 3.58. The number of thiocarbonyl (C=S) groups is 1. The molecule has 2 aliphatic heterocycles. The number of hydrogen-bond donors (Lipinski definition) is 1. The molecule has 136 valence electrons. The minimum Gasteiger partial charge on any atom is -0.372 e. The highest BCUT2D eigenvalue weighted by atomic mass is 32.1. The Morgan fingerprint density at radius 2 is 1.74 bits per heavy atom. The molecule has 2 aromatic rings. The number of carbonyl (C=O) groups is 2. The number of fused-ring (bicyclic) bond motifs is 1. The van der Waals surface area contributed by atoms with Crippen molar-refractivity contribution in [2.75, 3.05) is 11.4 Å². The van der Waals surface area contributed by atoms with Crippen LogP contribution in [0.25, 0.3) is 0 Å². The summed E-state index contributed by atoms with van der Waals surface area (Å²) in [6.07, 6.45) is 2.37. The predicted molar refractivity (Wildman–Crippen MR) is 103 cm³/mol. The van der Waals surface area contributed by atoms with E-state index in [4.69, 9.17) is 12.2 Å². The Morgan fingerprint density at radius 1 is 1.04 bits per heavy atom. The molecule has 1 N–H and O–H groups in total. The first-order valence-corrected chi connectivity index (χ1v) is 8.92. The van der Waals surface area contributed by atoms with Gasteiger partial charge in [0.1, 0.15) is 11.4 Å². The summed E-state index contributed by atoms with van der Waals surface area (Å²) in [5, 5.41) is 2.35. The molecule has 0 unspecified atom stereocenters. The van der Waals surface area contributed by atoms with Crippen molar-refractivity contribution in [3.05, 3.63) is 77.2 Å². The largest absolute Gasteiger partial charge is 0.372 e. The van der Waals surface area contributed by atoms with E-state index in [1.54, 1.807) is 12.3 Å². The number of anilines is 1. The standard InChI is InChI=1S/C20H16FN3O2S/c21-16-7-3-4-8-17(16)24-19(26)15(18(25)22-20(24)27)12-23-10-9-13-5-1-2-6-14(13)11-23/h1-8,12H,9-11H2,(H,22,25,27)/b15-12-. The molecule has 27 heavy (non-hydrogen) atoms. The van der Waals surface area contributed by atoms with Crippen molar-refractivity contribution >= 4 is 34.8 Å². The summed E-state index contributed by atoms with van der Waals surface area (Å²) in [7, 11) is 0. The molecule has 7 heteroatoms. The number of nitrogens with zero attached hydrogens (tertiary/aromatic N) is 2. The van der Waals surface area contributed by atoms with E-state index in [-0.39, 0.29) is 16.4 Å². The summed E-state index contributed by atoms with van der Waals surface area (Å²) in [5.74, 6) is -1.79. The SMILES string of the molecule is O=C1NC(=S)N(c2ccccc2F)C(=O)/C1=C\N1CCc2ccccc2C1. The van der Waals surface area contributed by atoms with Gasteiger partial charge < -0.3 is 4.90 Å². The second-order valence-corrected chi connectivity index (χ2v) is 6.77. The summed E-state index contributed by atoms with van der Waals surface area (Å²) in [6.45, 7) is 1.29. The van der Waals surface area contributed by atoms with Crippen LogP contribution in [0.2, 0.25) is 0 Å². The van der Waals surface area contributed by atoms with E-state index in [1.165, 1.54) is 23.8 Å². The lowest BCUT2D eigenvalue weighted by Gasteiger charge is -2.32. The van der Waals surface area contributed by atoms with E-state index in [2.05, 4.69) is 11.4 Å². The van der Waals surface area contributed by atoms with Gasteiger partial charge in [0.05, 0.1) is 5.69 Å². The van der Waals surface area contributed by atoms with Gasteiger partial charge in [-0.15, -0.1) is 0 Å². The van der Waals surface area contributed by atoms with Crippen LogP contribution in [0.1, 0.15) is 11.1 Å². The molecule has 1 fully saturated rings. The van der Waals surface area contributed by atoms with Gasteiger partial charge in [-0.05, 0) is 41.9 Å². The Kier molecular flexibility index (Phi) is 4.45. The molecule has 2 aliphatic rings. The number of hydrogen-bond acceptors (Lipinski definition) is 4. The average Bonchev–Trinajstić information content (AvgIpc) is 2.66. The highest BCUT2D eigenvalue weighted by molar-refractivity contribution is 7.80. The molecule has 4 rings (SSSR count). The van der Waals surface area contributed by atoms with Crippen LogP contribution in [0.4, 0.5) is 10.1 Å². The van der Waals surface area contributed by atoms with Gasteiger partial charge in [0.15, 0.2) is 5.11 Å². The van der Waals surface area contributed by atoms with Crippen LogP contribution in [-0.2, 0) is 22.6 Å². The second kappa shape index (κ2) is 6.92. The lowest BCUT2D eigenvalue weighted by atomic mass is 10.00. The van der Waals surface area contributed by atoms with E-state index < -0.39 is 17.6 Å². The van der Waals surface area contributed by atoms with Gasteiger partial charge in [-0.3, -0.25) is 14.9 Å². The van der Waals surface area contributed by atoms with Crippen molar-refractivity contribution in [1.82, 2.24) is 10.2 Å². The molecule has 2 amide bonds. The molecule has 0 spiro atoms. The van der Waals surface area contributed by atoms with Crippen LogP contribution >= 0.6 is 12.2 Å². The summed E-state index contributed by atoms with van der Waals surface area (Å²) >= 11 is 5.10. The number of halogens is 1. The molecule has 0 radical (unpaired) electrons. The first-order chi connectivity index (χ1) is 13.0. The Bertz CT molecular complexity index is 989. The van der Waals surface area contributed by atoms with Crippen LogP contribution in [0, 0.1) is 5.82 Å². The molecule has 0 atom stereocenters. The third kappa shape index (κ3) is 3.21. The number of carbonyl (C=O) groups excluding carboxylic acids is 2. The maximum atomic E-state index is 14.2. The summed E-state index contributed by atoms with van der Waals surface area (Å²) in [5.41, 5.74) is 2.38. The Balaban J connectivity index is 1.65. The molecule has 5 nitrogen and oxygen atoms in total. The molecule has 0 aromatic heterocycles. The second-order valence-electron chi connectivity index (χ2n) is 6.38. The molecule has 2 aromatic carbocycles. The Hall–Kier alpha value is -3.06. The van der Waals surface area contributed by atoms with Gasteiger partial charge in [-0.25, -0.2) is 9.29 Å². The first-order valence-electron chi connectivity index (χ1n) is 8.51. The minimum atomic E-state index is -0.632. The van der Waals surface area contributed by atoms with Crippen molar-refractivity contribution in [1.29, 1.82) is 0 Å². The van der Waals surface area contributed by atoms with Gasteiger partial charge in [0, 0.05) is 19.3 Å². The van der Waals surface area contributed by atoms with Gasteiger partial charge in [-0.1, -0.05) is 36.4 Å². The van der Waals surface area contributed by atoms with Crippen molar-refractivity contribution in [3.8, 4) is 0 Å². The first kappa shape index (κ1) is 17.4. The van der Waals surface area contributed by atoms with Gasteiger partial charge >= 0.3 is 0 Å². The van der Waals surface area contributed by atoms with E-state index in [9.17, 15) is 14.0 Å². The summed E-state index contributed by atoms with van der Waals surface area (Å²) in [6, 6.07) is 13.9. The summed E-state index contributed by atoms with van der Waals surface area (Å²) in [4.78, 5) is 28.2. The fraction of sp³-hybridized carbons (Fsp3) is 0.150. The van der Waals surface area contributed by atoms with Gasteiger partial charge in [0.25, 0.3) is 11.8 Å². The van der Waals surface area contributed by atoms with E-state index in [1.807, 2.05) is 23.1 Å². The van der Waals surface area contributed by atoms with Crippen molar-refractivity contribution < 1.29 is 14.0 Å². The third-order valence-electron chi connectivity index (χ3n) is 4.67. The molecule has 0 bridgehead atoms. The molecule has 0 saturated carbocycles. The topological polar surface area (TPSA) is 52.7 Å².